The molecular formula is C15H13ClFN3. The van der Waals surface area contributed by atoms with Crippen molar-refractivity contribution in [2.24, 2.45) is 10.7 Å². The van der Waals surface area contributed by atoms with Gasteiger partial charge in [0, 0.05) is 10.7 Å². The minimum atomic E-state index is -0.305. The fourth-order valence-corrected chi connectivity index (χ4v) is 2.68. The Balaban J connectivity index is 2.03. The molecule has 0 amide bonds. The lowest BCUT2D eigenvalue weighted by atomic mass is 10.1. The van der Waals surface area contributed by atoms with Gasteiger partial charge in [0.25, 0.3) is 0 Å². The Kier molecular flexibility index (Phi) is 3.32. The monoisotopic (exact) mass is 289 g/mol. The van der Waals surface area contributed by atoms with Crippen molar-refractivity contribution in [3.05, 3.63) is 64.9 Å². The average molecular weight is 290 g/mol. The minimum Gasteiger partial charge on any atom is -0.369 e. The van der Waals surface area contributed by atoms with Crippen LogP contribution in [0.25, 0.3) is 0 Å². The first-order valence-corrected chi connectivity index (χ1v) is 6.64. The Bertz CT molecular complexity index is 672. The Morgan fingerprint density at radius 2 is 2.00 bits per heavy atom. The lowest BCUT2D eigenvalue weighted by Gasteiger charge is -2.27. The number of benzene rings is 2. The summed E-state index contributed by atoms with van der Waals surface area (Å²) in [7, 11) is 0. The zero-order valence-corrected chi connectivity index (χ0v) is 11.4. The molecule has 1 heterocycles. The average Bonchev–Trinajstić information content (AvgIpc) is 2.81. The lowest BCUT2D eigenvalue weighted by molar-refractivity contribution is 0.626. The summed E-state index contributed by atoms with van der Waals surface area (Å²) >= 11 is 6.24. The lowest BCUT2D eigenvalue weighted by Crippen LogP contribution is -2.36. The van der Waals surface area contributed by atoms with Gasteiger partial charge in [-0.2, -0.15) is 0 Å². The van der Waals surface area contributed by atoms with Crippen LogP contribution in [-0.4, -0.2) is 12.5 Å². The van der Waals surface area contributed by atoms with Gasteiger partial charge in [0.15, 0.2) is 5.96 Å². The van der Waals surface area contributed by atoms with Gasteiger partial charge in [-0.25, -0.2) is 4.39 Å². The molecule has 1 atom stereocenters. The molecule has 2 N–H and O–H groups in total. The largest absolute Gasteiger partial charge is 0.369 e. The number of halogens is 2. The SMILES string of the molecule is NC1=NCC(c2ccccc2Cl)N1c1cccc(F)c1. The molecule has 0 bridgehead atoms. The minimum absolute atomic E-state index is 0.106. The smallest absolute Gasteiger partial charge is 0.196 e. The fourth-order valence-electron chi connectivity index (χ4n) is 2.42. The first kappa shape index (κ1) is 12.9. The molecule has 0 saturated carbocycles. The van der Waals surface area contributed by atoms with Crippen molar-refractivity contribution in [1.82, 2.24) is 0 Å². The number of hydrogen-bond donors (Lipinski definition) is 1. The Morgan fingerprint density at radius 1 is 1.20 bits per heavy atom. The maximum Gasteiger partial charge on any atom is 0.196 e. The summed E-state index contributed by atoms with van der Waals surface area (Å²) in [5.74, 6) is 0.0700. The van der Waals surface area contributed by atoms with Crippen LogP contribution in [0.5, 0.6) is 0 Å². The van der Waals surface area contributed by atoms with E-state index in [0.29, 0.717) is 23.2 Å². The molecule has 1 aliphatic rings. The fraction of sp³-hybridized carbons (Fsp3) is 0.133. The van der Waals surface area contributed by atoms with E-state index in [1.54, 1.807) is 12.1 Å². The summed E-state index contributed by atoms with van der Waals surface area (Å²) in [6.45, 7) is 0.506. The van der Waals surface area contributed by atoms with Gasteiger partial charge < -0.3 is 10.6 Å². The van der Waals surface area contributed by atoms with Gasteiger partial charge in [0.1, 0.15) is 5.82 Å². The first-order valence-electron chi connectivity index (χ1n) is 6.26. The first-order chi connectivity index (χ1) is 9.66. The molecule has 2 aromatic carbocycles. The number of guanidine groups is 1. The van der Waals surface area contributed by atoms with Crippen molar-refractivity contribution in [2.75, 3.05) is 11.4 Å². The second kappa shape index (κ2) is 5.13. The molecule has 1 aliphatic heterocycles. The van der Waals surface area contributed by atoms with Crippen molar-refractivity contribution in [2.45, 2.75) is 6.04 Å². The van der Waals surface area contributed by atoms with E-state index in [-0.39, 0.29) is 11.9 Å². The molecule has 5 heteroatoms. The quantitative estimate of drug-likeness (QED) is 0.921. The van der Waals surface area contributed by atoms with Crippen LogP contribution in [0, 0.1) is 5.82 Å². The number of nitrogens with two attached hydrogens (primary N) is 1. The van der Waals surface area contributed by atoms with E-state index < -0.39 is 0 Å². The third-order valence-corrected chi connectivity index (χ3v) is 3.68. The molecule has 0 aliphatic carbocycles. The van der Waals surface area contributed by atoms with Crippen molar-refractivity contribution in [1.29, 1.82) is 0 Å². The summed E-state index contributed by atoms with van der Waals surface area (Å²) in [6.07, 6.45) is 0. The van der Waals surface area contributed by atoms with E-state index in [1.165, 1.54) is 12.1 Å². The van der Waals surface area contributed by atoms with E-state index in [2.05, 4.69) is 4.99 Å². The Morgan fingerprint density at radius 3 is 2.75 bits per heavy atom. The van der Waals surface area contributed by atoms with Gasteiger partial charge >= 0.3 is 0 Å². The van der Waals surface area contributed by atoms with Gasteiger partial charge in [-0.1, -0.05) is 35.9 Å². The Hall–Kier alpha value is -2.07. The van der Waals surface area contributed by atoms with Crippen molar-refractivity contribution >= 4 is 23.2 Å². The van der Waals surface area contributed by atoms with Crippen molar-refractivity contribution < 1.29 is 4.39 Å². The molecule has 0 fully saturated rings. The Labute approximate surface area is 121 Å². The zero-order chi connectivity index (χ0) is 14.1. The number of nitrogens with zero attached hydrogens (tertiary/aromatic N) is 2. The van der Waals surface area contributed by atoms with Crippen LogP contribution < -0.4 is 10.6 Å². The van der Waals surface area contributed by atoms with Crippen molar-refractivity contribution in [3.63, 3.8) is 0 Å². The van der Waals surface area contributed by atoms with Crippen LogP contribution in [0.15, 0.2) is 53.5 Å². The molecule has 0 spiro atoms. The van der Waals surface area contributed by atoms with E-state index >= 15 is 0 Å². The molecule has 3 nitrogen and oxygen atoms in total. The van der Waals surface area contributed by atoms with Crippen LogP contribution in [0.3, 0.4) is 0 Å². The summed E-state index contributed by atoms with van der Waals surface area (Å²) in [4.78, 5) is 6.07. The van der Waals surface area contributed by atoms with Gasteiger partial charge in [-0.15, -0.1) is 0 Å². The summed E-state index contributed by atoms with van der Waals surface area (Å²) in [6, 6.07) is 13.8. The maximum absolute atomic E-state index is 13.4. The van der Waals surface area contributed by atoms with E-state index in [1.807, 2.05) is 29.2 Å². The van der Waals surface area contributed by atoms with Crippen LogP contribution in [0.1, 0.15) is 11.6 Å². The third kappa shape index (κ3) is 2.23. The van der Waals surface area contributed by atoms with E-state index in [0.717, 1.165) is 5.56 Å². The van der Waals surface area contributed by atoms with Crippen LogP contribution in [0.4, 0.5) is 10.1 Å². The molecule has 20 heavy (non-hydrogen) atoms. The molecule has 1 unspecified atom stereocenters. The van der Waals surface area contributed by atoms with E-state index in [4.69, 9.17) is 17.3 Å². The number of hydrogen-bond acceptors (Lipinski definition) is 3. The highest BCUT2D eigenvalue weighted by Crippen LogP contribution is 2.34. The summed E-state index contributed by atoms with van der Waals surface area (Å²) in [5.41, 5.74) is 7.56. The van der Waals surface area contributed by atoms with Crippen LogP contribution in [-0.2, 0) is 0 Å². The van der Waals surface area contributed by atoms with Crippen LogP contribution in [0.2, 0.25) is 5.02 Å². The van der Waals surface area contributed by atoms with E-state index in [9.17, 15) is 4.39 Å². The number of aliphatic imine (C=N–C) groups is 1. The normalized spacial score (nSPS) is 18.2. The zero-order valence-electron chi connectivity index (χ0n) is 10.6. The molecule has 0 saturated heterocycles. The molecule has 0 radical (unpaired) electrons. The van der Waals surface area contributed by atoms with Gasteiger partial charge in [-0.3, -0.25) is 4.99 Å². The highest BCUT2D eigenvalue weighted by Gasteiger charge is 2.30. The molecular weight excluding hydrogens is 277 g/mol. The topological polar surface area (TPSA) is 41.6 Å². The molecule has 0 aromatic heterocycles. The molecule has 3 rings (SSSR count). The van der Waals surface area contributed by atoms with Crippen LogP contribution >= 0.6 is 11.6 Å². The van der Waals surface area contributed by atoms with Gasteiger partial charge in [0.2, 0.25) is 0 Å². The highest BCUT2D eigenvalue weighted by molar-refractivity contribution is 6.31. The van der Waals surface area contributed by atoms with Gasteiger partial charge in [0.05, 0.1) is 12.6 Å². The number of rotatable bonds is 2. The molecule has 102 valence electrons. The third-order valence-electron chi connectivity index (χ3n) is 3.34. The molecule has 2 aromatic rings. The summed E-state index contributed by atoms with van der Waals surface area (Å²) in [5, 5.41) is 0.656. The second-order valence-corrected chi connectivity index (χ2v) is 4.99. The predicted molar refractivity (Wildman–Crippen MR) is 79.6 cm³/mol. The maximum atomic E-state index is 13.4. The highest BCUT2D eigenvalue weighted by atomic mass is 35.5. The van der Waals surface area contributed by atoms with Gasteiger partial charge in [-0.05, 0) is 29.8 Å². The second-order valence-electron chi connectivity index (χ2n) is 4.59. The summed E-state index contributed by atoms with van der Waals surface area (Å²) < 4.78 is 13.4. The predicted octanol–water partition coefficient (Wildman–Crippen LogP) is 3.36. The number of anilines is 1. The van der Waals surface area contributed by atoms with Crippen molar-refractivity contribution in [3.8, 4) is 0 Å². The standard InChI is InChI=1S/C15H13ClFN3/c16-13-7-2-1-6-12(13)14-9-19-15(18)20(14)11-5-3-4-10(17)8-11/h1-8,14H,9H2,(H2,18,19).